The van der Waals surface area contributed by atoms with Crippen LogP contribution in [0.1, 0.15) is 108 Å². The molecule has 2 nitrogen and oxygen atoms in total. The summed E-state index contributed by atoms with van der Waals surface area (Å²) >= 11 is 0. The zero-order valence-electron chi connectivity index (χ0n) is 20.2. The van der Waals surface area contributed by atoms with E-state index in [9.17, 15) is 10.2 Å². The first-order valence-electron chi connectivity index (χ1n) is 12.7. The van der Waals surface area contributed by atoms with E-state index in [-0.39, 0.29) is 16.7 Å². The minimum Gasteiger partial charge on any atom is -0.512 e. The molecule has 2 saturated carbocycles. The Hall–Kier alpha value is -1.70. The van der Waals surface area contributed by atoms with E-state index in [1.165, 1.54) is 68.1 Å². The van der Waals surface area contributed by atoms with Crippen LogP contribution in [0, 0.1) is 18.3 Å². The molecule has 1 aromatic rings. The molecule has 0 aliphatic heterocycles. The first-order chi connectivity index (χ1) is 14.7. The molecule has 0 radical (unpaired) electrons. The number of hydrogen-bond acceptors (Lipinski definition) is 2. The highest BCUT2D eigenvalue weighted by Crippen LogP contribution is 2.49. The number of aryl methyl sites for hydroxylation is 1. The van der Waals surface area contributed by atoms with Crippen LogP contribution in [0.15, 0.2) is 35.1 Å². The topological polar surface area (TPSA) is 40.5 Å². The predicted molar refractivity (Wildman–Crippen MR) is 130 cm³/mol. The molecule has 0 spiro atoms. The average Bonchev–Trinajstić information content (AvgIpc) is 2.73. The minimum atomic E-state index is 0.0680. The van der Waals surface area contributed by atoms with Crippen LogP contribution < -0.4 is 0 Å². The van der Waals surface area contributed by atoms with Crippen LogP contribution in [0.4, 0.5) is 0 Å². The van der Waals surface area contributed by atoms with Crippen molar-refractivity contribution in [2.75, 3.05) is 0 Å². The van der Waals surface area contributed by atoms with Crippen molar-refractivity contribution in [2.24, 2.45) is 11.3 Å². The van der Waals surface area contributed by atoms with Crippen LogP contribution in [0.25, 0.3) is 0 Å². The van der Waals surface area contributed by atoms with Crippen molar-refractivity contribution >= 4 is 0 Å². The number of allylic oxidation sites excluding steroid dienone is 4. The second kappa shape index (κ2) is 8.68. The van der Waals surface area contributed by atoms with Crippen molar-refractivity contribution in [2.45, 2.75) is 110 Å². The molecule has 1 unspecified atom stereocenters. The largest absolute Gasteiger partial charge is 0.512 e. The summed E-state index contributed by atoms with van der Waals surface area (Å²) < 4.78 is 0. The summed E-state index contributed by atoms with van der Waals surface area (Å²) in [5, 5.41) is 22.8. The molecule has 1 atom stereocenters. The van der Waals surface area contributed by atoms with Crippen LogP contribution >= 0.6 is 0 Å². The number of phenolic OH excluding ortho intramolecular Hbond substituents is 1. The summed E-state index contributed by atoms with van der Waals surface area (Å²) in [6.07, 6.45) is 16.1. The summed E-state index contributed by atoms with van der Waals surface area (Å²) in [5.41, 5.74) is 6.07. The molecule has 3 aliphatic rings. The highest BCUT2D eigenvalue weighted by Gasteiger charge is 2.37. The lowest BCUT2D eigenvalue weighted by Gasteiger charge is -2.39. The smallest absolute Gasteiger partial charge is 0.122 e. The zero-order chi connectivity index (χ0) is 22.2. The summed E-state index contributed by atoms with van der Waals surface area (Å²) in [6.45, 7) is 9.03. The van der Waals surface area contributed by atoms with Crippen LogP contribution in [-0.2, 0) is 11.8 Å². The van der Waals surface area contributed by atoms with Crippen LogP contribution in [0.5, 0.6) is 5.75 Å². The Kier molecular flexibility index (Phi) is 6.30. The van der Waals surface area contributed by atoms with Gasteiger partial charge >= 0.3 is 0 Å². The standard InChI is InChI=1S/C29H42O2/c1-20-15-22(26(30)24(17-20)28(3)11-7-5-8-12-28)19-23-16-21(2)18-25(27(23)31)29(4)13-9-6-10-14-29/h15,17-18,23,30-31H,5-14,16,19H2,1-4H3. The van der Waals surface area contributed by atoms with Gasteiger partial charge in [0.25, 0.3) is 0 Å². The fraction of sp³-hybridized carbons (Fsp3) is 0.655. The van der Waals surface area contributed by atoms with E-state index in [4.69, 9.17) is 0 Å². The zero-order valence-corrected chi connectivity index (χ0v) is 20.2. The molecule has 0 bridgehead atoms. The molecule has 4 rings (SSSR count). The third-order valence-electron chi connectivity index (χ3n) is 8.64. The maximum Gasteiger partial charge on any atom is 0.122 e. The maximum absolute atomic E-state index is 11.4. The van der Waals surface area contributed by atoms with Gasteiger partial charge in [-0.05, 0) is 74.3 Å². The summed E-state index contributed by atoms with van der Waals surface area (Å²) in [5.74, 6) is 1.14. The van der Waals surface area contributed by atoms with Crippen molar-refractivity contribution in [1.82, 2.24) is 0 Å². The van der Waals surface area contributed by atoms with Gasteiger partial charge in [-0.3, -0.25) is 0 Å². The van der Waals surface area contributed by atoms with Gasteiger partial charge in [-0.25, -0.2) is 0 Å². The van der Waals surface area contributed by atoms with Gasteiger partial charge < -0.3 is 10.2 Å². The first-order valence-corrected chi connectivity index (χ1v) is 12.7. The predicted octanol–water partition coefficient (Wildman–Crippen LogP) is 8.21. The van der Waals surface area contributed by atoms with E-state index in [2.05, 4.69) is 45.9 Å². The third kappa shape index (κ3) is 4.45. The van der Waals surface area contributed by atoms with Gasteiger partial charge in [0.05, 0.1) is 5.76 Å². The van der Waals surface area contributed by atoms with Crippen LogP contribution in [-0.4, -0.2) is 10.2 Å². The molecule has 2 heteroatoms. The van der Waals surface area contributed by atoms with Crippen molar-refractivity contribution in [3.63, 3.8) is 0 Å². The number of aliphatic hydroxyl groups is 1. The van der Waals surface area contributed by atoms with Gasteiger partial charge in [-0.15, -0.1) is 0 Å². The molecule has 0 aromatic heterocycles. The van der Waals surface area contributed by atoms with Gasteiger partial charge in [-0.1, -0.05) is 81.7 Å². The van der Waals surface area contributed by atoms with Gasteiger partial charge in [0, 0.05) is 11.5 Å². The van der Waals surface area contributed by atoms with Crippen LogP contribution in [0.3, 0.4) is 0 Å². The number of aromatic hydroxyl groups is 1. The second-order valence-corrected chi connectivity index (χ2v) is 11.5. The molecule has 170 valence electrons. The van der Waals surface area contributed by atoms with E-state index in [0.29, 0.717) is 17.9 Å². The highest BCUT2D eigenvalue weighted by atomic mass is 16.3. The Morgan fingerprint density at radius 2 is 1.42 bits per heavy atom. The van der Waals surface area contributed by atoms with Gasteiger partial charge in [0.2, 0.25) is 0 Å². The van der Waals surface area contributed by atoms with Crippen molar-refractivity contribution < 1.29 is 10.2 Å². The van der Waals surface area contributed by atoms with Crippen molar-refractivity contribution in [3.05, 3.63) is 51.8 Å². The molecule has 0 saturated heterocycles. The van der Waals surface area contributed by atoms with E-state index in [1.54, 1.807) is 0 Å². The Morgan fingerprint density at radius 3 is 2.03 bits per heavy atom. The van der Waals surface area contributed by atoms with Crippen LogP contribution in [0.2, 0.25) is 0 Å². The van der Waals surface area contributed by atoms with E-state index in [1.807, 2.05) is 0 Å². The summed E-state index contributed by atoms with van der Waals surface area (Å²) in [7, 11) is 0. The molecule has 1 aromatic carbocycles. The number of benzene rings is 1. The number of rotatable bonds is 4. The normalized spacial score (nSPS) is 25.9. The van der Waals surface area contributed by atoms with Gasteiger partial charge in [-0.2, -0.15) is 0 Å². The van der Waals surface area contributed by atoms with Gasteiger partial charge in [0.15, 0.2) is 0 Å². The molecule has 3 aliphatic carbocycles. The first kappa shape index (κ1) is 22.5. The van der Waals surface area contributed by atoms with E-state index >= 15 is 0 Å². The Labute approximate surface area is 189 Å². The molecule has 0 heterocycles. The average molecular weight is 423 g/mol. The molecular weight excluding hydrogens is 380 g/mol. The van der Waals surface area contributed by atoms with Crippen molar-refractivity contribution in [3.8, 4) is 5.75 Å². The Morgan fingerprint density at radius 1 is 0.839 bits per heavy atom. The van der Waals surface area contributed by atoms with Gasteiger partial charge in [0.1, 0.15) is 5.75 Å². The maximum atomic E-state index is 11.4. The Balaban J connectivity index is 1.66. The number of aliphatic hydroxyl groups excluding tert-OH is 1. The minimum absolute atomic E-state index is 0.0680. The lowest BCUT2D eigenvalue weighted by atomic mass is 9.66. The van der Waals surface area contributed by atoms with E-state index < -0.39 is 0 Å². The SMILES string of the molecule is CC1=CC(C2(C)CCCCC2)=C(O)C(Cc2cc(C)cc(C3(C)CCCCC3)c2O)C1. The third-order valence-corrected chi connectivity index (χ3v) is 8.64. The summed E-state index contributed by atoms with van der Waals surface area (Å²) in [6, 6.07) is 4.36. The fourth-order valence-electron chi connectivity index (χ4n) is 6.67. The van der Waals surface area contributed by atoms with Crippen molar-refractivity contribution in [1.29, 1.82) is 0 Å². The number of hydrogen-bond donors (Lipinski definition) is 2. The Bertz CT molecular complexity index is 876. The highest BCUT2D eigenvalue weighted by molar-refractivity contribution is 5.48. The second-order valence-electron chi connectivity index (χ2n) is 11.5. The number of phenols is 1. The molecule has 31 heavy (non-hydrogen) atoms. The monoisotopic (exact) mass is 422 g/mol. The molecule has 2 N–H and O–H groups in total. The molecule has 0 amide bonds. The molecule has 2 fully saturated rings. The fourth-order valence-corrected chi connectivity index (χ4v) is 6.67. The summed E-state index contributed by atoms with van der Waals surface area (Å²) in [4.78, 5) is 0. The van der Waals surface area contributed by atoms with E-state index in [0.717, 1.165) is 30.4 Å². The lowest BCUT2D eigenvalue weighted by Crippen LogP contribution is -2.28. The molecular formula is C29H42O2. The lowest BCUT2D eigenvalue weighted by molar-refractivity contribution is 0.236. The quantitative estimate of drug-likeness (QED) is 0.513.